The number of aryl methyl sites for hydroxylation is 1. The summed E-state index contributed by atoms with van der Waals surface area (Å²) in [5.74, 6) is 0.589. The quantitative estimate of drug-likeness (QED) is 0.657. The molecule has 0 fully saturated rings. The molecular weight excluding hydrogens is 192 g/mol. The van der Waals surface area contributed by atoms with Gasteiger partial charge in [-0.2, -0.15) is 0 Å². The second kappa shape index (κ2) is 5.21. The first kappa shape index (κ1) is 11.3. The summed E-state index contributed by atoms with van der Waals surface area (Å²) in [7, 11) is 3.75. The van der Waals surface area contributed by atoms with Crippen LogP contribution in [0.1, 0.15) is 5.82 Å². The molecule has 5 nitrogen and oxygen atoms in total. The number of hydrogen-bond acceptors (Lipinski definition) is 4. The molecule has 80 valence electrons. The molecule has 0 unspecified atom stereocenters. The molecule has 2 aromatic heterocycles. The normalized spacial score (nSPS) is 9.53. The van der Waals surface area contributed by atoms with Gasteiger partial charge >= 0.3 is 0 Å². The lowest BCUT2D eigenvalue weighted by Gasteiger charge is -1.95. The Morgan fingerprint density at radius 3 is 2.73 bits per heavy atom. The molecule has 0 spiro atoms. The number of aromatic nitrogens is 3. The Balaban J connectivity index is 0.000000337. The van der Waals surface area contributed by atoms with E-state index < -0.39 is 0 Å². The molecule has 2 heterocycles. The molecule has 0 saturated heterocycles. The van der Waals surface area contributed by atoms with E-state index in [-0.39, 0.29) is 5.56 Å². The van der Waals surface area contributed by atoms with Crippen LogP contribution in [0.15, 0.2) is 23.1 Å². The zero-order chi connectivity index (χ0) is 11.3. The van der Waals surface area contributed by atoms with Crippen molar-refractivity contribution >= 4 is 11.0 Å². The van der Waals surface area contributed by atoms with Gasteiger partial charge in [0, 0.05) is 6.20 Å². The molecule has 2 N–H and O–H groups in total. The smallest absolute Gasteiger partial charge is 0.260 e. The van der Waals surface area contributed by atoms with Crippen LogP contribution in [0, 0.1) is 6.92 Å². The number of H-pyrrole nitrogens is 1. The van der Waals surface area contributed by atoms with Gasteiger partial charge in [0.2, 0.25) is 0 Å². The molecule has 5 heteroatoms. The summed E-state index contributed by atoms with van der Waals surface area (Å²) >= 11 is 0. The van der Waals surface area contributed by atoms with Crippen LogP contribution in [0.4, 0.5) is 0 Å². The lowest BCUT2D eigenvalue weighted by Crippen LogP contribution is -2.09. The Bertz CT molecular complexity index is 492. The second-order valence-electron chi connectivity index (χ2n) is 3.03. The summed E-state index contributed by atoms with van der Waals surface area (Å²) in [6, 6.07) is 3.42. The van der Waals surface area contributed by atoms with Gasteiger partial charge in [-0.25, -0.2) is 9.97 Å². The van der Waals surface area contributed by atoms with Gasteiger partial charge in [-0.3, -0.25) is 4.79 Å². The van der Waals surface area contributed by atoms with Crippen molar-refractivity contribution in [2.75, 3.05) is 14.1 Å². The third-order valence-corrected chi connectivity index (χ3v) is 1.60. The first-order chi connectivity index (χ1) is 7.19. The van der Waals surface area contributed by atoms with Gasteiger partial charge in [0.15, 0.2) is 5.65 Å². The minimum absolute atomic E-state index is 0.134. The van der Waals surface area contributed by atoms with Gasteiger partial charge in [-0.15, -0.1) is 0 Å². The summed E-state index contributed by atoms with van der Waals surface area (Å²) in [6.07, 6.45) is 1.62. The van der Waals surface area contributed by atoms with Gasteiger partial charge in [-0.1, -0.05) is 0 Å². The highest BCUT2D eigenvalue weighted by atomic mass is 16.1. The number of pyridine rings is 1. The van der Waals surface area contributed by atoms with E-state index in [4.69, 9.17) is 0 Å². The summed E-state index contributed by atoms with van der Waals surface area (Å²) in [5.41, 5.74) is 0.365. The molecule has 2 aromatic rings. The molecule has 15 heavy (non-hydrogen) atoms. The average molecular weight is 206 g/mol. The fourth-order valence-corrected chi connectivity index (χ4v) is 1.08. The number of rotatable bonds is 0. The van der Waals surface area contributed by atoms with Crippen LogP contribution < -0.4 is 10.9 Å². The van der Waals surface area contributed by atoms with Crippen molar-refractivity contribution < 1.29 is 0 Å². The van der Waals surface area contributed by atoms with Crippen LogP contribution in [0.3, 0.4) is 0 Å². The lowest BCUT2D eigenvalue weighted by atomic mass is 10.3. The van der Waals surface area contributed by atoms with Crippen molar-refractivity contribution in [2.45, 2.75) is 6.92 Å². The van der Waals surface area contributed by atoms with Crippen LogP contribution in [-0.4, -0.2) is 29.0 Å². The van der Waals surface area contributed by atoms with Crippen molar-refractivity contribution in [3.8, 4) is 0 Å². The fourth-order valence-electron chi connectivity index (χ4n) is 1.08. The highest BCUT2D eigenvalue weighted by molar-refractivity contribution is 5.72. The van der Waals surface area contributed by atoms with Crippen molar-refractivity contribution in [3.05, 3.63) is 34.5 Å². The highest BCUT2D eigenvalue weighted by Crippen LogP contribution is 2.00. The van der Waals surface area contributed by atoms with Gasteiger partial charge in [-0.05, 0) is 33.2 Å². The zero-order valence-corrected chi connectivity index (χ0v) is 9.03. The molecule has 0 atom stereocenters. The largest absolute Gasteiger partial charge is 0.323 e. The van der Waals surface area contributed by atoms with Gasteiger partial charge in [0.05, 0.1) is 5.39 Å². The fraction of sp³-hybridized carbons (Fsp3) is 0.300. The zero-order valence-electron chi connectivity index (χ0n) is 9.03. The number of nitrogens with one attached hydrogen (secondary N) is 2. The standard InChI is InChI=1S/C8H7N3O.C2H7N/c1-5-10-7-6(8(12)11-5)3-2-4-9-7;1-3-2/h2-4H,1H3,(H,9,10,11,12);3H,1-2H3. The maximum atomic E-state index is 11.3. The van der Waals surface area contributed by atoms with Gasteiger partial charge in [0.1, 0.15) is 5.82 Å². The van der Waals surface area contributed by atoms with Crippen LogP contribution >= 0.6 is 0 Å². The molecule has 0 saturated carbocycles. The Kier molecular flexibility index (Phi) is 3.93. The molecule has 0 aromatic carbocycles. The summed E-state index contributed by atoms with van der Waals surface area (Å²) < 4.78 is 0. The van der Waals surface area contributed by atoms with E-state index in [2.05, 4.69) is 20.3 Å². The van der Waals surface area contributed by atoms with Gasteiger partial charge < -0.3 is 10.3 Å². The Labute approximate surface area is 87.6 Å². The molecule has 0 radical (unpaired) electrons. The predicted octanol–water partition coefficient (Wildman–Crippen LogP) is 0.462. The predicted molar refractivity (Wildman–Crippen MR) is 59.9 cm³/mol. The summed E-state index contributed by atoms with van der Waals surface area (Å²) in [4.78, 5) is 21.9. The molecule has 0 bridgehead atoms. The molecule has 0 aliphatic carbocycles. The number of fused-ring (bicyclic) bond motifs is 1. The van der Waals surface area contributed by atoms with Crippen LogP contribution in [0.2, 0.25) is 0 Å². The maximum absolute atomic E-state index is 11.3. The van der Waals surface area contributed by atoms with E-state index in [0.29, 0.717) is 16.9 Å². The Hall–Kier alpha value is -1.75. The molecular formula is C10H14N4O. The number of nitrogens with zero attached hydrogens (tertiary/aromatic N) is 2. The van der Waals surface area contributed by atoms with E-state index in [1.165, 1.54) is 0 Å². The van der Waals surface area contributed by atoms with E-state index in [0.717, 1.165) is 0 Å². The minimum Gasteiger partial charge on any atom is -0.323 e. The maximum Gasteiger partial charge on any atom is 0.260 e. The summed E-state index contributed by atoms with van der Waals surface area (Å²) in [5, 5.41) is 3.28. The molecule has 0 aliphatic heterocycles. The average Bonchev–Trinajstić information content (AvgIpc) is 2.18. The first-order valence-electron chi connectivity index (χ1n) is 4.59. The number of hydrogen-bond donors (Lipinski definition) is 2. The van der Waals surface area contributed by atoms with E-state index in [1.807, 2.05) is 14.1 Å². The monoisotopic (exact) mass is 206 g/mol. The van der Waals surface area contributed by atoms with E-state index in [1.54, 1.807) is 25.3 Å². The SMILES string of the molecule is CNC.Cc1nc2ncccc2c(=O)[nH]1. The summed E-state index contributed by atoms with van der Waals surface area (Å²) in [6.45, 7) is 1.73. The first-order valence-corrected chi connectivity index (χ1v) is 4.59. The van der Waals surface area contributed by atoms with Crippen molar-refractivity contribution in [2.24, 2.45) is 0 Å². The van der Waals surface area contributed by atoms with Crippen LogP contribution in [0.25, 0.3) is 11.0 Å². The minimum atomic E-state index is -0.134. The van der Waals surface area contributed by atoms with E-state index in [9.17, 15) is 4.79 Å². The molecule has 0 aliphatic rings. The second-order valence-corrected chi connectivity index (χ2v) is 3.03. The van der Waals surface area contributed by atoms with Crippen molar-refractivity contribution in [1.29, 1.82) is 0 Å². The van der Waals surface area contributed by atoms with Crippen LogP contribution in [0.5, 0.6) is 0 Å². The van der Waals surface area contributed by atoms with Crippen LogP contribution in [-0.2, 0) is 0 Å². The topological polar surface area (TPSA) is 70.7 Å². The lowest BCUT2D eigenvalue weighted by molar-refractivity contribution is 1.02. The highest BCUT2D eigenvalue weighted by Gasteiger charge is 1.99. The van der Waals surface area contributed by atoms with Crippen molar-refractivity contribution in [1.82, 2.24) is 20.3 Å². The third kappa shape index (κ3) is 2.85. The van der Waals surface area contributed by atoms with Gasteiger partial charge in [0.25, 0.3) is 5.56 Å². The third-order valence-electron chi connectivity index (χ3n) is 1.60. The van der Waals surface area contributed by atoms with E-state index >= 15 is 0 Å². The Morgan fingerprint density at radius 2 is 2.07 bits per heavy atom. The number of aromatic amines is 1. The molecule has 0 amide bonds. The van der Waals surface area contributed by atoms with Crippen molar-refractivity contribution in [3.63, 3.8) is 0 Å². The Morgan fingerprint density at radius 1 is 1.40 bits per heavy atom. The molecule has 2 rings (SSSR count).